The van der Waals surface area contributed by atoms with Crippen LogP contribution >= 0.6 is 0 Å². The molecule has 0 radical (unpaired) electrons. The highest BCUT2D eigenvalue weighted by Gasteiger charge is 2.31. The van der Waals surface area contributed by atoms with Crippen molar-refractivity contribution < 1.29 is 28.9 Å². The highest BCUT2D eigenvalue weighted by molar-refractivity contribution is 6.11. The fraction of sp³-hybridized carbons (Fsp3) is 0.259. The van der Waals surface area contributed by atoms with E-state index in [4.69, 9.17) is 14.2 Å². The van der Waals surface area contributed by atoms with Gasteiger partial charge < -0.3 is 24.2 Å². The summed E-state index contributed by atoms with van der Waals surface area (Å²) in [5.41, 5.74) is 0.257. The maximum absolute atomic E-state index is 13.2. The normalized spacial score (nSPS) is 10.9. The van der Waals surface area contributed by atoms with Crippen molar-refractivity contribution in [3.63, 3.8) is 0 Å². The maximum Gasteiger partial charge on any atom is 0.347 e. The average molecular weight is 464 g/mol. The molecule has 0 unspecified atom stereocenters. The van der Waals surface area contributed by atoms with E-state index in [1.807, 2.05) is 37.4 Å². The minimum Gasteiger partial charge on any atom is -0.497 e. The van der Waals surface area contributed by atoms with Crippen LogP contribution in [-0.2, 0) is 4.79 Å². The molecule has 0 spiro atoms. The Bertz CT molecular complexity index is 1130. The van der Waals surface area contributed by atoms with Crippen LogP contribution in [0.1, 0.15) is 29.8 Å². The molecule has 0 aliphatic carbocycles. The molecule has 0 atom stereocenters. The van der Waals surface area contributed by atoms with Crippen molar-refractivity contribution in [3.8, 4) is 17.2 Å². The molecule has 0 aliphatic rings. The van der Waals surface area contributed by atoms with E-state index < -0.39 is 11.6 Å². The van der Waals surface area contributed by atoms with Gasteiger partial charge in [0.05, 0.1) is 19.2 Å². The zero-order valence-corrected chi connectivity index (χ0v) is 19.8. The standard InChI is InChI=1S/C27H29NO6/c1-27(2,26(30)31)34-24-18-22(32-4)14-15-23(24)25(29)19-10-12-21(13-11-19)33-17-16-28(3)20-8-6-5-7-9-20/h5-15,18H,16-17H2,1-4H3,(H,30,31). The number of anilines is 1. The molecule has 0 saturated heterocycles. The number of hydrogen-bond acceptors (Lipinski definition) is 6. The van der Waals surface area contributed by atoms with Gasteiger partial charge in [-0.2, -0.15) is 0 Å². The summed E-state index contributed by atoms with van der Waals surface area (Å²) in [6, 6.07) is 21.6. The van der Waals surface area contributed by atoms with Crippen LogP contribution in [0.2, 0.25) is 0 Å². The van der Waals surface area contributed by atoms with E-state index in [2.05, 4.69) is 4.90 Å². The van der Waals surface area contributed by atoms with E-state index in [0.717, 1.165) is 5.69 Å². The van der Waals surface area contributed by atoms with E-state index >= 15 is 0 Å². The Morgan fingerprint density at radius 3 is 2.21 bits per heavy atom. The largest absolute Gasteiger partial charge is 0.497 e. The van der Waals surface area contributed by atoms with Gasteiger partial charge in [-0.15, -0.1) is 0 Å². The Balaban J connectivity index is 1.70. The van der Waals surface area contributed by atoms with Gasteiger partial charge in [0.15, 0.2) is 11.4 Å². The molecule has 0 heterocycles. The van der Waals surface area contributed by atoms with Crippen molar-refractivity contribution in [3.05, 3.63) is 83.9 Å². The number of ether oxygens (including phenoxy) is 3. The third kappa shape index (κ3) is 6.07. The number of carboxylic acid groups (broad SMARTS) is 1. The van der Waals surface area contributed by atoms with Crippen LogP contribution in [-0.4, -0.2) is 49.8 Å². The third-order valence-electron chi connectivity index (χ3n) is 5.32. The zero-order valence-electron chi connectivity index (χ0n) is 19.8. The Hall–Kier alpha value is -4.00. The number of carbonyl (C=O) groups is 2. The number of methoxy groups -OCH3 is 1. The fourth-order valence-corrected chi connectivity index (χ4v) is 3.19. The van der Waals surface area contributed by atoms with Gasteiger partial charge in [0, 0.05) is 24.4 Å². The van der Waals surface area contributed by atoms with Gasteiger partial charge in [0.2, 0.25) is 0 Å². The molecule has 0 saturated carbocycles. The summed E-state index contributed by atoms with van der Waals surface area (Å²) in [5.74, 6) is -0.198. The number of rotatable bonds is 11. The molecule has 7 heteroatoms. The second-order valence-electron chi connectivity index (χ2n) is 8.24. The molecule has 0 amide bonds. The molecule has 0 fully saturated rings. The first-order chi connectivity index (χ1) is 16.2. The molecule has 3 aromatic carbocycles. The summed E-state index contributed by atoms with van der Waals surface area (Å²) in [7, 11) is 3.49. The van der Waals surface area contributed by atoms with Crippen LogP contribution in [0.15, 0.2) is 72.8 Å². The fourth-order valence-electron chi connectivity index (χ4n) is 3.19. The second kappa shape index (κ2) is 10.7. The van der Waals surface area contributed by atoms with Crippen molar-refractivity contribution in [2.24, 2.45) is 0 Å². The van der Waals surface area contributed by atoms with Crippen LogP contribution in [0.3, 0.4) is 0 Å². The first kappa shape index (κ1) is 24.6. The Labute approximate surface area is 199 Å². The lowest BCUT2D eigenvalue weighted by atomic mass is 10.0. The predicted octanol–water partition coefficient (Wildman–Crippen LogP) is 4.68. The minimum atomic E-state index is -1.52. The van der Waals surface area contributed by atoms with Gasteiger partial charge in [-0.3, -0.25) is 4.79 Å². The van der Waals surface area contributed by atoms with Gasteiger partial charge in [-0.25, -0.2) is 4.79 Å². The molecule has 0 aromatic heterocycles. The SMILES string of the molecule is COc1ccc(C(=O)c2ccc(OCCN(C)c3ccccc3)cc2)c(OC(C)(C)C(=O)O)c1. The van der Waals surface area contributed by atoms with Gasteiger partial charge in [0.25, 0.3) is 0 Å². The number of carboxylic acids is 1. The highest BCUT2D eigenvalue weighted by atomic mass is 16.5. The highest BCUT2D eigenvalue weighted by Crippen LogP contribution is 2.30. The lowest BCUT2D eigenvalue weighted by molar-refractivity contribution is -0.152. The zero-order chi connectivity index (χ0) is 24.7. The smallest absolute Gasteiger partial charge is 0.347 e. The number of likely N-dealkylation sites (N-methyl/N-ethyl adjacent to an activating group) is 1. The van der Waals surface area contributed by atoms with E-state index in [0.29, 0.717) is 30.2 Å². The first-order valence-corrected chi connectivity index (χ1v) is 10.9. The molecule has 3 aromatic rings. The van der Waals surface area contributed by atoms with Gasteiger partial charge >= 0.3 is 5.97 Å². The Kier molecular flexibility index (Phi) is 7.79. The minimum absolute atomic E-state index is 0.140. The summed E-state index contributed by atoms with van der Waals surface area (Å²) in [6.07, 6.45) is 0. The maximum atomic E-state index is 13.2. The number of benzene rings is 3. The molecule has 7 nitrogen and oxygen atoms in total. The molecule has 0 bridgehead atoms. The molecule has 34 heavy (non-hydrogen) atoms. The number of ketones is 1. The van der Waals surface area contributed by atoms with Crippen molar-refractivity contribution in [1.82, 2.24) is 0 Å². The lowest BCUT2D eigenvalue weighted by Gasteiger charge is -2.23. The van der Waals surface area contributed by atoms with E-state index in [-0.39, 0.29) is 17.1 Å². The molecular formula is C27H29NO6. The number of carbonyl (C=O) groups excluding carboxylic acids is 1. The van der Waals surface area contributed by atoms with Crippen molar-refractivity contribution in [2.45, 2.75) is 19.4 Å². The average Bonchev–Trinajstić information content (AvgIpc) is 2.84. The monoisotopic (exact) mass is 463 g/mol. The van der Waals surface area contributed by atoms with Crippen LogP contribution in [0, 0.1) is 0 Å². The van der Waals surface area contributed by atoms with Gasteiger partial charge in [0.1, 0.15) is 23.9 Å². The van der Waals surface area contributed by atoms with Crippen LogP contribution in [0.25, 0.3) is 0 Å². The topological polar surface area (TPSA) is 85.3 Å². The molecule has 3 rings (SSSR count). The van der Waals surface area contributed by atoms with Crippen LogP contribution in [0.5, 0.6) is 17.2 Å². The molecule has 1 N–H and O–H groups in total. The van der Waals surface area contributed by atoms with Crippen molar-refractivity contribution in [2.75, 3.05) is 32.2 Å². The summed E-state index contributed by atoms with van der Waals surface area (Å²) < 4.78 is 16.7. The van der Waals surface area contributed by atoms with E-state index in [9.17, 15) is 14.7 Å². The predicted molar refractivity (Wildman–Crippen MR) is 130 cm³/mol. The van der Waals surface area contributed by atoms with Gasteiger partial charge in [-0.1, -0.05) is 18.2 Å². The van der Waals surface area contributed by atoms with Crippen LogP contribution < -0.4 is 19.1 Å². The number of para-hydroxylation sites is 1. The van der Waals surface area contributed by atoms with Crippen molar-refractivity contribution in [1.29, 1.82) is 0 Å². The number of aliphatic carboxylic acids is 1. The summed E-state index contributed by atoms with van der Waals surface area (Å²) in [4.78, 5) is 26.8. The Morgan fingerprint density at radius 2 is 1.59 bits per heavy atom. The van der Waals surface area contributed by atoms with Crippen LogP contribution in [0.4, 0.5) is 5.69 Å². The number of hydrogen-bond donors (Lipinski definition) is 1. The summed E-state index contributed by atoms with van der Waals surface area (Å²) >= 11 is 0. The third-order valence-corrected chi connectivity index (χ3v) is 5.32. The van der Waals surface area contributed by atoms with E-state index in [1.54, 1.807) is 36.4 Å². The molecular weight excluding hydrogens is 434 g/mol. The Morgan fingerprint density at radius 1 is 0.941 bits per heavy atom. The quantitative estimate of drug-likeness (QED) is 0.413. The van der Waals surface area contributed by atoms with Crippen molar-refractivity contribution >= 4 is 17.4 Å². The van der Waals surface area contributed by atoms with Gasteiger partial charge in [-0.05, 0) is 62.4 Å². The molecule has 178 valence electrons. The summed E-state index contributed by atoms with van der Waals surface area (Å²) in [6.45, 7) is 4.03. The second-order valence-corrected chi connectivity index (χ2v) is 8.24. The summed E-state index contributed by atoms with van der Waals surface area (Å²) in [5, 5.41) is 9.42. The molecule has 0 aliphatic heterocycles. The van der Waals surface area contributed by atoms with E-state index in [1.165, 1.54) is 27.0 Å². The lowest BCUT2D eigenvalue weighted by Crippen LogP contribution is -2.38. The number of nitrogens with zero attached hydrogens (tertiary/aromatic N) is 1. The first-order valence-electron chi connectivity index (χ1n) is 10.9.